The summed E-state index contributed by atoms with van der Waals surface area (Å²) in [5.41, 5.74) is 13.5. The van der Waals surface area contributed by atoms with E-state index >= 15 is 0 Å². The molecule has 0 atom stereocenters. The predicted octanol–water partition coefficient (Wildman–Crippen LogP) is 10.5. The second-order valence-corrected chi connectivity index (χ2v) is 12.9. The first-order valence-electron chi connectivity index (χ1n) is 16.8. The maximum Gasteiger partial charge on any atom is 0.135 e. The Hall–Kier alpha value is -6.14. The monoisotopic (exact) mass is 654 g/mol. The first-order valence-corrected chi connectivity index (χ1v) is 16.8. The van der Waals surface area contributed by atoms with Crippen LogP contribution in [0.3, 0.4) is 0 Å². The summed E-state index contributed by atoms with van der Waals surface area (Å²) in [6, 6.07) is 29.9. The number of aryl methyl sites for hydroxylation is 2. The third kappa shape index (κ3) is 5.21. The molecule has 0 unspecified atom stereocenters. The quantitative estimate of drug-likeness (QED) is 0.180. The van der Waals surface area contributed by atoms with Crippen LogP contribution in [0.15, 0.2) is 131 Å². The van der Waals surface area contributed by atoms with Gasteiger partial charge in [0.05, 0.1) is 25.6 Å². The third-order valence-electron chi connectivity index (χ3n) is 9.47. The van der Waals surface area contributed by atoms with Crippen LogP contribution in [-0.2, 0) is 0 Å². The average molecular weight is 655 g/mol. The molecule has 0 amide bonds. The summed E-state index contributed by atoms with van der Waals surface area (Å²) in [6.45, 7) is 8.18. The highest BCUT2D eigenvalue weighted by atomic mass is 16.5. The fraction of sp³-hybridized carbons (Fsp3) is 0.136. The molecule has 8 rings (SSSR count). The van der Waals surface area contributed by atoms with Crippen molar-refractivity contribution in [3.63, 3.8) is 0 Å². The number of nitrogens with zero attached hydrogens (tertiary/aromatic N) is 2. The number of H-pyrrole nitrogens is 2. The number of fused-ring (bicyclic) bond motifs is 2. The summed E-state index contributed by atoms with van der Waals surface area (Å²) in [5, 5.41) is 4.27. The minimum Gasteiger partial charge on any atom is -0.495 e. The zero-order chi connectivity index (χ0) is 34.5. The minimum absolute atomic E-state index is 0.742. The molecule has 6 heteroatoms. The normalized spacial score (nSPS) is 16.0. The molecule has 0 radical (unpaired) electrons. The molecule has 2 aliphatic rings. The Morgan fingerprint density at radius 1 is 0.520 bits per heavy atom. The topological polar surface area (TPSA) is 74.8 Å². The largest absolute Gasteiger partial charge is 0.495 e. The Kier molecular flexibility index (Phi) is 7.72. The number of benzene rings is 4. The van der Waals surface area contributed by atoms with E-state index in [0.29, 0.717) is 0 Å². The summed E-state index contributed by atoms with van der Waals surface area (Å²) >= 11 is 0. The number of hydrogen-bond donors (Lipinski definition) is 2. The summed E-state index contributed by atoms with van der Waals surface area (Å²) in [6.07, 6.45) is 8.28. The Morgan fingerprint density at radius 3 is 1.28 bits per heavy atom. The molecule has 0 aliphatic carbocycles. The van der Waals surface area contributed by atoms with Crippen molar-refractivity contribution in [2.45, 2.75) is 27.7 Å². The van der Waals surface area contributed by atoms with Crippen molar-refractivity contribution in [1.82, 2.24) is 9.97 Å². The summed E-state index contributed by atoms with van der Waals surface area (Å²) in [5.74, 6) is 1.48. The molecule has 6 nitrogen and oxygen atoms in total. The van der Waals surface area contributed by atoms with Gasteiger partial charge in [0.1, 0.15) is 11.5 Å². The lowest BCUT2D eigenvalue weighted by atomic mass is 9.85. The fourth-order valence-corrected chi connectivity index (χ4v) is 7.30. The molecular formula is C44H38N4O2. The standard InChI is InChI=1S/C44H38N4O2/c1-25-15-19-35(45-25)39(36-20-16-26(2)46-36)33-23-29-11-7-9-13-31(29)41(43(33)49-5)42-32-14-10-8-12-30(32)24-34(44(42)50-6)40(37-21-17-27(3)47-37)38-22-18-28(4)48-38/h7-24,45,47H,1-6H3/b39-36+,40-38+. The van der Waals surface area contributed by atoms with Gasteiger partial charge in [0.2, 0.25) is 0 Å². The van der Waals surface area contributed by atoms with Crippen LogP contribution in [0, 0.1) is 13.8 Å². The average Bonchev–Trinajstić information content (AvgIpc) is 3.94. The van der Waals surface area contributed by atoms with Crippen LogP contribution in [0.4, 0.5) is 0 Å². The van der Waals surface area contributed by atoms with Crippen LogP contribution in [0.1, 0.15) is 47.8 Å². The molecule has 0 bridgehead atoms. The highest BCUT2D eigenvalue weighted by molar-refractivity contribution is 6.14. The Labute approximate surface area is 291 Å². The molecule has 246 valence electrons. The van der Waals surface area contributed by atoms with Gasteiger partial charge >= 0.3 is 0 Å². The van der Waals surface area contributed by atoms with Gasteiger partial charge in [-0.25, -0.2) is 0 Å². The summed E-state index contributed by atoms with van der Waals surface area (Å²) in [7, 11) is 3.51. The third-order valence-corrected chi connectivity index (χ3v) is 9.47. The van der Waals surface area contributed by atoms with Gasteiger partial charge in [-0.3, -0.25) is 9.98 Å². The van der Waals surface area contributed by atoms with Crippen molar-refractivity contribution in [3.8, 4) is 22.6 Å². The highest BCUT2D eigenvalue weighted by Gasteiger charge is 2.29. The number of methoxy groups -OCH3 is 2. The zero-order valence-electron chi connectivity index (χ0n) is 29.1. The molecule has 0 spiro atoms. The van der Waals surface area contributed by atoms with E-state index in [-0.39, 0.29) is 0 Å². The van der Waals surface area contributed by atoms with Crippen LogP contribution in [-0.4, -0.2) is 35.6 Å². The van der Waals surface area contributed by atoms with E-state index in [9.17, 15) is 0 Å². The molecule has 2 N–H and O–H groups in total. The van der Waals surface area contributed by atoms with Gasteiger partial charge in [0.15, 0.2) is 0 Å². The molecule has 2 aliphatic heterocycles. The maximum atomic E-state index is 6.56. The molecule has 4 aromatic carbocycles. The summed E-state index contributed by atoms with van der Waals surface area (Å²) < 4.78 is 13.1. The Balaban J connectivity index is 1.54. The molecule has 50 heavy (non-hydrogen) atoms. The molecule has 6 aromatic rings. The maximum absolute atomic E-state index is 6.56. The van der Waals surface area contributed by atoms with Gasteiger partial charge < -0.3 is 19.4 Å². The lowest BCUT2D eigenvalue weighted by Crippen LogP contribution is -2.03. The molecule has 0 fully saturated rings. The first kappa shape index (κ1) is 31.1. The van der Waals surface area contributed by atoms with Crippen molar-refractivity contribution in [3.05, 3.63) is 155 Å². The lowest BCUT2D eigenvalue weighted by Gasteiger charge is -2.24. The fourth-order valence-electron chi connectivity index (χ4n) is 7.30. The van der Waals surface area contributed by atoms with E-state index < -0.39 is 0 Å². The van der Waals surface area contributed by atoms with Crippen molar-refractivity contribution in [2.75, 3.05) is 14.2 Å². The van der Waals surface area contributed by atoms with Gasteiger partial charge in [-0.05, 0) is 110 Å². The van der Waals surface area contributed by atoms with Crippen molar-refractivity contribution in [1.29, 1.82) is 0 Å². The second kappa shape index (κ2) is 12.4. The SMILES string of the molecule is COc1c(/C(=C2/C=CC(C)=N2)c2ccc(C)[nH]2)cc2ccccc2c1-c1c(OC)c(/C(=C2/C=CC(C)=N2)c2ccc(C)[nH]2)cc2ccccc12. The van der Waals surface area contributed by atoms with Crippen LogP contribution in [0.25, 0.3) is 43.8 Å². The van der Waals surface area contributed by atoms with E-state index in [0.717, 1.165) is 112 Å². The predicted molar refractivity (Wildman–Crippen MR) is 208 cm³/mol. The number of aliphatic imine (C=N–C) groups is 2. The van der Waals surface area contributed by atoms with E-state index in [1.165, 1.54) is 0 Å². The van der Waals surface area contributed by atoms with E-state index in [1.54, 1.807) is 14.2 Å². The van der Waals surface area contributed by atoms with Gasteiger partial charge in [-0.1, -0.05) is 48.5 Å². The van der Waals surface area contributed by atoms with E-state index in [1.807, 2.05) is 13.8 Å². The Morgan fingerprint density at radius 2 is 0.940 bits per heavy atom. The number of nitrogens with one attached hydrogen (secondary N) is 2. The summed E-state index contributed by atoms with van der Waals surface area (Å²) in [4.78, 5) is 17.1. The number of hydrogen-bond acceptors (Lipinski definition) is 4. The first-order chi connectivity index (χ1) is 24.3. The van der Waals surface area contributed by atoms with Crippen molar-refractivity contribution in [2.24, 2.45) is 9.98 Å². The minimum atomic E-state index is 0.742. The number of aromatic nitrogens is 2. The number of aromatic amines is 2. The van der Waals surface area contributed by atoms with Crippen LogP contribution in [0.2, 0.25) is 0 Å². The van der Waals surface area contributed by atoms with Gasteiger partial charge in [-0.15, -0.1) is 0 Å². The molecule has 2 aromatic heterocycles. The smallest absolute Gasteiger partial charge is 0.135 e. The van der Waals surface area contributed by atoms with E-state index in [2.05, 4.69) is 133 Å². The molecular weight excluding hydrogens is 617 g/mol. The second-order valence-electron chi connectivity index (χ2n) is 12.9. The number of rotatable bonds is 7. The molecule has 0 saturated carbocycles. The van der Waals surface area contributed by atoms with Crippen LogP contribution < -0.4 is 9.47 Å². The molecule has 4 heterocycles. The van der Waals surface area contributed by atoms with Crippen molar-refractivity contribution >= 4 is 44.1 Å². The van der Waals surface area contributed by atoms with Gasteiger partial charge in [0.25, 0.3) is 0 Å². The van der Waals surface area contributed by atoms with Gasteiger partial charge in [-0.2, -0.15) is 0 Å². The van der Waals surface area contributed by atoms with E-state index in [4.69, 9.17) is 19.5 Å². The number of ether oxygens (including phenoxy) is 2. The van der Waals surface area contributed by atoms with Gasteiger partial charge in [0, 0.05) is 67.6 Å². The highest BCUT2D eigenvalue weighted by Crippen LogP contribution is 2.52. The van der Waals surface area contributed by atoms with Crippen LogP contribution >= 0.6 is 0 Å². The zero-order valence-corrected chi connectivity index (χ0v) is 29.1. The van der Waals surface area contributed by atoms with Crippen molar-refractivity contribution < 1.29 is 9.47 Å². The molecule has 0 saturated heterocycles. The number of allylic oxidation sites excluding steroid dienone is 4. The Bertz CT molecular complexity index is 2370. The van der Waals surface area contributed by atoms with Crippen LogP contribution in [0.5, 0.6) is 11.5 Å². The lowest BCUT2D eigenvalue weighted by molar-refractivity contribution is 0.410.